The monoisotopic (exact) mass is 321 g/mol. The Morgan fingerprint density at radius 1 is 1.13 bits per heavy atom. The summed E-state index contributed by atoms with van der Waals surface area (Å²) in [6.45, 7) is 1.14. The molecule has 2 rings (SSSR count). The van der Waals surface area contributed by atoms with Crippen LogP contribution in [0.3, 0.4) is 0 Å². The van der Waals surface area contributed by atoms with Crippen molar-refractivity contribution in [1.82, 2.24) is 4.90 Å². The van der Waals surface area contributed by atoms with Crippen molar-refractivity contribution in [3.05, 3.63) is 34.4 Å². The van der Waals surface area contributed by atoms with Crippen molar-refractivity contribution in [3.8, 4) is 0 Å². The van der Waals surface area contributed by atoms with Gasteiger partial charge in [-0.05, 0) is 31.4 Å². The summed E-state index contributed by atoms with van der Waals surface area (Å²) < 4.78 is 5.13. The average molecular weight is 321 g/mol. The van der Waals surface area contributed by atoms with Crippen LogP contribution in [0, 0.1) is 10.1 Å². The maximum Gasteiger partial charge on any atom is 0.269 e. The van der Waals surface area contributed by atoms with Gasteiger partial charge in [0.05, 0.1) is 4.92 Å². The second-order valence-electron chi connectivity index (χ2n) is 5.29. The van der Waals surface area contributed by atoms with E-state index in [1.165, 1.54) is 24.3 Å². The molecular weight excluding hydrogens is 302 g/mol. The van der Waals surface area contributed by atoms with Gasteiger partial charge in [0.2, 0.25) is 11.8 Å². The fourth-order valence-corrected chi connectivity index (χ4v) is 2.33. The normalized spacial score (nSPS) is 14.3. The minimum Gasteiger partial charge on any atom is -0.362 e. The summed E-state index contributed by atoms with van der Waals surface area (Å²) in [6.07, 6.45) is 3.15. The third-order valence-corrected chi connectivity index (χ3v) is 3.53. The molecule has 0 unspecified atom stereocenters. The lowest BCUT2D eigenvalue weighted by Crippen LogP contribution is -2.38. The lowest BCUT2D eigenvalue weighted by Gasteiger charge is -2.26. The molecule has 124 valence electrons. The number of likely N-dealkylation sites (tertiary alicyclic amines) is 1. The zero-order valence-corrected chi connectivity index (χ0v) is 12.7. The fourth-order valence-electron chi connectivity index (χ4n) is 2.33. The van der Waals surface area contributed by atoms with E-state index >= 15 is 0 Å². The van der Waals surface area contributed by atoms with Gasteiger partial charge < -0.3 is 15.0 Å². The lowest BCUT2D eigenvalue weighted by atomic mass is 10.1. The number of ether oxygens (including phenoxy) is 1. The molecule has 8 nitrogen and oxygen atoms in total. The van der Waals surface area contributed by atoms with E-state index in [0.29, 0.717) is 5.69 Å². The van der Waals surface area contributed by atoms with Crippen molar-refractivity contribution < 1.29 is 19.2 Å². The number of anilines is 1. The number of piperidine rings is 1. The zero-order valence-electron chi connectivity index (χ0n) is 12.7. The Balaban J connectivity index is 1.70. The van der Waals surface area contributed by atoms with Crippen molar-refractivity contribution in [2.75, 3.05) is 31.6 Å². The van der Waals surface area contributed by atoms with Crippen LogP contribution in [0.4, 0.5) is 11.4 Å². The number of hydrogen-bond donors (Lipinski definition) is 1. The first kappa shape index (κ1) is 16.9. The summed E-state index contributed by atoms with van der Waals surface area (Å²) in [5.41, 5.74) is 0.387. The third kappa shape index (κ3) is 5.33. The molecule has 0 atom stereocenters. The van der Waals surface area contributed by atoms with Gasteiger partial charge in [-0.25, -0.2) is 0 Å². The van der Waals surface area contributed by atoms with Crippen molar-refractivity contribution in [2.24, 2.45) is 0 Å². The van der Waals surface area contributed by atoms with Crippen molar-refractivity contribution >= 4 is 23.2 Å². The molecule has 1 aromatic rings. The van der Waals surface area contributed by atoms with Crippen LogP contribution < -0.4 is 5.32 Å². The van der Waals surface area contributed by atoms with Crippen LogP contribution >= 0.6 is 0 Å². The number of amides is 2. The van der Waals surface area contributed by atoms with Gasteiger partial charge in [-0.15, -0.1) is 0 Å². The summed E-state index contributed by atoms with van der Waals surface area (Å²) in [5.74, 6) is -0.516. The molecule has 1 aromatic carbocycles. The summed E-state index contributed by atoms with van der Waals surface area (Å²) >= 11 is 0. The second-order valence-corrected chi connectivity index (χ2v) is 5.29. The molecule has 1 N–H and O–H groups in total. The van der Waals surface area contributed by atoms with Crippen LogP contribution in [0.5, 0.6) is 0 Å². The standard InChI is InChI=1S/C15H19N3O5/c19-14(16-12-4-6-13(7-5-12)18(21)22)10-23-11-15(20)17-8-2-1-3-9-17/h4-7H,1-3,8-11H2,(H,16,19). The Bertz CT molecular complexity index is 567. The van der Waals surface area contributed by atoms with E-state index in [2.05, 4.69) is 5.32 Å². The number of hydrogen-bond acceptors (Lipinski definition) is 5. The number of benzene rings is 1. The van der Waals surface area contributed by atoms with E-state index in [1.54, 1.807) is 4.90 Å². The molecular formula is C15H19N3O5. The number of nitro benzene ring substituents is 1. The van der Waals surface area contributed by atoms with Crippen LogP contribution in [-0.2, 0) is 14.3 Å². The highest BCUT2D eigenvalue weighted by atomic mass is 16.6. The highest BCUT2D eigenvalue weighted by Crippen LogP contribution is 2.15. The SMILES string of the molecule is O=C(COCC(=O)N1CCCCC1)Nc1ccc([N+](=O)[O-])cc1. The van der Waals surface area contributed by atoms with E-state index in [4.69, 9.17) is 4.74 Å². The van der Waals surface area contributed by atoms with Crippen LogP contribution in [-0.4, -0.2) is 47.9 Å². The summed E-state index contributed by atoms with van der Waals surface area (Å²) in [6, 6.07) is 5.48. The molecule has 2 amide bonds. The third-order valence-electron chi connectivity index (χ3n) is 3.53. The van der Waals surface area contributed by atoms with Gasteiger partial charge in [0, 0.05) is 30.9 Å². The molecule has 0 spiro atoms. The molecule has 0 bridgehead atoms. The maximum atomic E-state index is 11.8. The molecule has 1 aliphatic heterocycles. The number of non-ortho nitro benzene ring substituents is 1. The minimum atomic E-state index is -0.513. The van der Waals surface area contributed by atoms with Gasteiger partial charge >= 0.3 is 0 Å². The van der Waals surface area contributed by atoms with Crippen LogP contribution in [0.15, 0.2) is 24.3 Å². The number of nitrogens with zero attached hydrogens (tertiary/aromatic N) is 2. The predicted molar refractivity (Wildman–Crippen MR) is 83.0 cm³/mol. The molecule has 1 fully saturated rings. The summed E-state index contributed by atoms with van der Waals surface area (Å²) in [5, 5.41) is 13.1. The number of carbonyl (C=O) groups excluding carboxylic acids is 2. The second kappa shape index (κ2) is 8.23. The Kier molecular flexibility index (Phi) is 6.04. The van der Waals surface area contributed by atoms with Gasteiger partial charge in [0.1, 0.15) is 13.2 Å². The molecule has 8 heteroatoms. The van der Waals surface area contributed by atoms with Gasteiger partial charge in [-0.2, -0.15) is 0 Å². The fraction of sp³-hybridized carbons (Fsp3) is 0.467. The van der Waals surface area contributed by atoms with E-state index in [1.807, 2.05) is 0 Å². The Labute approximate surface area is 133 Å². The molecule has 23 heavy (non-hydrogen) atoms. The first-order valence-corrected chi connectivity index (χ1v) is 7.46. The van der Waals surface area contributed by atoms with Gasteiger partial charge in [-0.1, -0.05) is 0 Å². The summed E-state index contributed by atoms with van der Waals surface area (Å²) in [4.78, 5) is 35.3. The highest BCUT2D eigenvalue weighted by molar-refractivity contribution is 5.92. The van der Waals surface area contributed by atoms with Crippen molar-refractivity contribution in [3.63, 3.8) is 0 Å². The van der Waals surface area contributed by atoms with E-state index in [-0.39, 0.29) is 24.8 Å². The molecule has 1 heterocycles. The topological polar surface area (TPSA) is 102 Å². The van der Waals surface area contributed by atoms with Crippen LogP contribution in [0.2, 0.25) is 0 Å². The van der Waals surface area contributed by atoms with Crippen LogP contribution in [0.25, 0.3) is 0 Å². The maximum absolute atomic E-state index is 11.8. The highest BCUT2D eigenvalue weighted by Gasteiger charge is 2.16. The Hall–Kier alpha value is -2.48. The number of nitrogens with one attached hydrogen (secondary N) is 1. The lowest BCUT2D eigenvalue weighted by molar-refractivity contribution is -0.384. The van der Waals surface area contributed by atoms with Crippen molar-refractivity contribution in [2.45, 2.75) is 19.3 Å². The number of carbonyl (C=O) groups is 2. The molecule has 0 aromatic heterocycles. The minimum absolute atomic E-state index is 0.0497. The van der Waals surface area contributed by atoms with Crippen LogP contribution in [0.1, 0.15) is 19.3 Å². The van der Waals surface area contributed by atoms with E-state index < -0.39 is 10.8 Å². The molecule has 0 radical (unpaired) electrons. The number of nitro groups is 1. The zero-order chi connectivity index (χ0) is 16.7. The molecule has 1 aliphatic rings. The average Bonchev–Trinajstić information content (AvgIpc) is 2.56. The summed E-state index contributed by atoms with van der Waals surface area (Å²) in [7, 11) is 0. The van der Waals surface area contributed by atoms with Gasteiger partial charge in [0.15, 0.2) is 0 Å². The first-order valence-electron chi connectivity index (χ1n) is 7.46. The van der Waals surface area contributed by atoms with Gasteiger partial charge in [0.25, 0.3) is 5.69 Å². The quantitative estimate of drug-likeness (QED) is 0.633. The van der Waals surface area contributed by atoms with Gasteiger partial charge in [-0.3, -0.25) is 19.7 Å². The van der Waals surface area contributed by atoms with E-state index in [9.17, 15) is 19.7 Å². The Morgan fingerprint density at radius 3 is 2.39 bits per heavy atom. The first-order chi connectivity index (χ1) is 11.1. The molecule has 0 aliphatic carbocycles. The smallest absolute Gasteiger partial charge is 0.269 e. The van der Waals surface area contributed by atoms with E-state index in [0.717, 1.165) is 32.4 Å². The molecule has 0 saturated carbocycles. The molecule has 1 saturated heterocycles. The Morgan fingerprint density at radius 2 is 1.78 bits per heavy atom. The van der Waals surface area contributed by atoms with Crippen molar-refractivity contribution in [1.29, 1.82) is 0 Å². The largest absolute Gasteiger partial charge is 0.362 e. The predicted octanol–water partition coefficient (Wildman–Crippen LogP) is 1.56. The number of rotatable bonds is 6.